The largest absolute Gasteiger partial charge is 0.450 e. The molecule has 0 N–H and O–H groups in total. The van der Waals surface area contributed by atoms with Crippen molar-refractivity contribution < 1.29 is 4.42 Å². The van der Waals surface area contributed by atoms with Gasteiger partial charge in [-0.05, 0) is 60.7 Å². The monoisotopic (exact) mass is 601 g/mol. The summed E-state index contributed by atoms with van der Waals surface area (Å²) in [6, 6.07) is 49.7. The molecule has 4 aromatic heterocycles. The molecule has 0 amide bonds. The van der Waals surface area contributed by atoms with Gasteiger partial charge in [0.05, 0.1) is 39.4 Å². The van der Waals surface area contributed by atoms with E-state index in [1.165, 1.54) is 10.8 Å². The number of fused-ring (bicyclic) bond motifs is 9. The summed E-state index contributed by atoms with van der Waals surface area (Å²) in [4.78, 5) is 10.6. The molecule has 0 unspecified atom stereocenters. The number of benzene rings is 6. The summed E-state index contributed by atoms with van der Waals surface area (Å²) in [6.07, 6.45) is 0. The van der Waals surface area contributed by atoms with Crippen molar-refractivity contribution in [3.05, 3.63) is 145 Å². The van der Waals surface area contributed by atoms with E-state index in [4.69, 9.17) is 14.4 Å². The van der Waals surface area contributed by atoms with Crippen LogP contribution in [0.4, 0.5) is 0 Å². The van der Waals surface area contributed by atoms with Gasteiger partial charge in [0, 0.05) is 32.5 Å². The lowest BCUT2D eigenvalue weighted by Gasteiger charge is -2.14. The van der Waals surface area contributed by atoms with Gasteiger partial charge in [0.15, 0.2) is 17.2 Å². The number of rotatable bonds is 3. The van der Waals surface area contributed by atoms with E-state index in [2.05, 4.69) is 94.1 Å². The molecular weight excluding hydrogens is 578 g/mol. The second-order valence-corrected chi connectivity index (χ2v) is 11.7. The molecule has 0 saturated heterocycles. The van der Waals surface area contributed by atoms with E-state index in [0.29, 0.717) is 22.8 Å². The van der Waals surface area contributed by atoms with E-state index in [9.17, 15) is 5.26 Å². The fourth-order valence-corrected chi connectivity index (χ4v) is 7.16. The molecule has 218 valence electrons. The lowest BCUT2D eigenvalue weighted by atomic mass is 10.1. The van der Waals surface area contributed by atoms with E-state index in [0.717, 1.165) is 60.6 Å². The minimum Gasteiger partial charge on any atom is -0.450 e. The fraction of sp³-hybridized carbons (Fsp3) is 0. The third-order valence-corrected chi connectivity index (χ3v) is 9.18. The van der Waals surface area contributed by atoms with Crippen LogP contribution in [0.1, 0.15) is 5.56 Å². The quantitative estimate of drug-likeness (QED) is 0.202. The van der Waals surface area contributed by atoms with Crippen molar-refractivity contribution in [1.82, 2.24) is 19.1 Å². The number of nitrogens with zero attached hydrogens (tertiary/aromatic N) is 5. The zero-order valence-electron chi connectivity index (χ0n) is 24.9. The highest BCUT2D eigenvalue weighted by Gasteiger charge is 2.23. The highest BCUT2D eigenvalue weighted by molar-refractivity contribution is 6.12. The van der Waals surface area contributed by atoms with Gasteiger partial charge < -0.3 is 8.98 Å². The van der Waals surface area contributed by atoms with Crippen LogP contribution >= 0.6 is 0 Å². The van der Waals surface area contributed by atoms with Crippen LogP contribution in [0.5, 0.6) is 0 Å². The second kappa shape index (κ2) is 9.64. The number of hydrogen-bond donors (Lipinski definition) is 0. The first-order valence-electron chi connectivity index (χ1n) is 15.5. The molecule has 6 heteroatoms. The summed E-state index contributed by atoms with van der Waals surface area (Å²) >= 11 is 0. The Balaban J connectivity index is 1.34. The first kappa shape index (κ1) is 25.6. The molecule has 6 nitrogen and oxygen atoms in total. The van der Waals surface area contributed by atoms with Crippen molar-refractivity contribution in [2.75, 3.05) is 0 Å². The molecular formula is C41H23N5O. The molecule has 10 rings (SSSR count). The van der Waals surface area contributed by atoms with Crippen LogP contribution in [0.2, 0.25) is 0 Å². The van der Waals surface area contributed by atoms with Crippen LogP contribution < -0.4 is 0 Å². The minimum absolute atomic E-state index is 0.594. The number of hydrogen-bond acceptors (Lipinski definition) is 4. The summed E-state index contributed by atoms with van der Waals surface area (Å²) in [5, 5.41) is 15.0. The third-order valence-electron chi connectivity index (χ3n) is 9.18. The van der Waals surface area contributed by atoms with Gasteiger partial charge in [0.2, 0.25) is 0 Å². The Bertz CT molecular complexity index is 2880. The summed E-state index contributed by atoms with van der Waals surface area (Å²) in [5.74, 6) is 1.24. The molecule has 47 heavy (non-hydrogen) atoms. The van der Waals surface area contributed by atoms with Crippen molar-refractivity contribution >= 4 is 65.7 Å². The molecule has 10 aromatic rings. The Kier molecular flexibility index (Phi) is 5.25. The number of furan rings is 1. The number of para-hydroxylation sites is 5. The first-order chi connectivity index (χ1) is 23.3. The molecule has 0 saturated carbocycles. The van der Waals surface area contributed by atoms with Gasteiger partial charge in [-0.2, -0.15) is 5.26 Å². The summed E-state index contributed by atoms with van der Waals surface area (Å²) in [6.45, 7) is 0. The molecule has 0 atom stereocenters. The Labute approximate surface area is 268 Å². The van der Waals surface area contributed by atoms with Crippen LogP contribution in [0.25, 0.3) is 88.6 Å². The third kappa shape index (κ3) is 3.59. The lowest BCUT2D eigenvalue weighted by Crippen LogP contribution is -2.04. The predicted molar refractivity (Wildman–Crippen MR) is 188 cm³/mol. The van der Waals surface area contributed by atoms with Crippen molar-refractivity contribution in [2.24, 2.45) is 0 Å². The topological polar surface area (TPSA) is 72.6 Å². The molecule has 0 aliphatic carbocycles. The van der Waals surface area contributed by atoms with Crippen molar-refractivity contribution in [1.29, 1.82) is 5.26 Å². The molecule has 0 aliphatic heterocycles. The molecule has 6 aromatic carbocycles. The average molecular weight is 602 g/mol. The zero-order valence-corrected chi connectivity index (χ0v) is 24.9. The van der Waals surface area contributed by atoms with E-state index < -0.39 is 0 Å². The minimum atomic E-state index is 0.594. The average Bonchev–Trinajstić information content (AvgIpc) is 3.79. The summed E-state index contributed by atoms with van der Waals surface area (Å²) in [7, 11) is 0. The Morgan fingerprint density at radius 3 is 1.83 bits per heavy atom. The van der Waals surface area contributed by atoms with E-state index in [1.54, 1.807) is 0 Å². The standard InChI is InChI=1S/C41H23N5O/c42-24-25-21-22-36-31(23-25)28-13-3-8-18-34(28)46(36)41-39-38(30-15-5-10-20-37(30)47-39)43-40(44-41)29-14-4-9-19-35(29)45-32-16-6-1-11-26(32)27-12-2-7-17-33(27)45/h1-23H. The first-order valence-corrected chi connectivity index (χ1v) is 15.5. The van der Waals surface area contributed by atoms with Crippen LogP contribution in [-0.4, -0.2) is 19.1 Å². The molecule has 0 fully saturated rings. The van der Waals surface area contributed by atoms with Gasteiger partial charge in [-0.3, -0.25) is 4.57 Å². The molecule has 0 spiro atoms. The Morgan fingerprint density at radius 2 is 1.11 bits per heavy atom. The highest BCUT2D eigenvalue weighted by Crippen LogP contribution is 2.40. The maximum absolute atomic E-state index is 9.72. The fourth-order valence-electron chi connectivity index (χ4n) is 7.16. The van der Waals surface area contributed by atoms with Crippen LogP contribution in [-0.2, 0) is 0 Å². The van der Waals surface area contributed by atoms with Crippen LogP contribution in [0.15, 0.2) is 144 Å². The highest BCUT2D eigenvalue weighted by atomic mass is 16.3. The van der Waals surface area contributed by atoms with Gasteiger partial charge in [0.1, 0.15) is 11.1 Å². The van der Waals surface area contributed by atoms with Gasteiger partial charge in [-0.25, -0.2) is 9.97 Å². The van der Waals surface area contributed by atoms with Crippen LogP contribution in [0.3, 0.4) is 0 Å². The molecule has 0 radical (unpaired) electrons. The van der Waals surface area contributed by atoms with Crippen LogP contribution in [0, 0.1) is 11.3 Å². The molecule has 4 heterocycles. The summed E-state index contributed by atoms with van der Waals surface area (Å²) in [5.41, 5.74) is 8.75. The van der Waals surface area contributed by atoms with Gasteiger partial charge >= 0.3 is 0 Å². The van der Waals surface area contributed by atoms with Gasteiger partial charge in [-0.15, -0.1) is 0 Å². The maximum Gasteiger partial charge on any atom is 0.197 e. The lowest BCUT2D eigenvalue weighted by molar-refractivity contribution is 0.662. The maximum atomic E-state index is 9.72. The SMILES string of the molecule is N#Cc1ccc2c(c1)c1ccccc1n2-c1nc(-c2ccccc2-n2c3ccccc3c3ccccc32)nc2c1oc1ccccc12. The summed E-state index contributed by atoms with van der Waals surface area (Å²) < 4.78 is 11.0. The van der Waals surface area contributed by atoms with Gasteiger partial charge in [-0.1, -0.05) is 78.9 Å². The van der Waals surface area contributed by atoms with Crippen molar-refractivity contribution in [3.8, 4) is 29.0 Å². The Hall–Kier alpha value is -6.71. The Morgan fingerprint density at radius 1 is 0.532 bits per heavy atom. The van der Waals surface area contributed by atoms with E-state index in [1.807, 2.05) is 60.7 Å². The molecule has 0 aliphatic rings. The van der Waals surface area contributed by atoms with E-state index in [-0.39, 0.29) is 0 Å². The molecule has 0 bridgehead atoms. The predicted octanol–water partition coefficient (Wildman–Crippen LogP) is 10.1. The van der Waals surface area contributed by atoms with Crippen molar-refractivity contribution in [3.63, 3.8) is 0 Å². The number of aromatic nitrogens is 4. The smallest absolute Gasteiger partial charge is 0.197 e. The second-order valence-electron chi connectivity index (χ2n) is 11.7. The zero-order chi connectivity index (χ0) is 31.1. The number of nitriles is 1. The van der Waals surface area contributed by atoms with Gasteiger partial charge in [0.25, 0.3) is 0 Å². The van der Waals surface area contributed by atoms with E-state index >= 15 is 0 Å². The van der Waals surface area contributed by atoms with Crippen molar-refractivity contribution in [2.45, 2.75) is 0 Å². The normalized spacial score (nSPS) is 11.8.